The van der Waals surface area contributed by atoms with E-state index in [1.165, 1.54) is 11.3 Å². The van der Waals surface area contributed by atoms with E-state index < -0.39 is 0 Å². The summed E-state index contributed by atoms with van der Waals surface area (Å²) in [4.78, 5) is 4.57. The zero-order valence-corrected chi connectivity index (χ0v) is 12.1. The zero-order valence-electron chi connectivity index (χ0n) is 11.3. The fourth-order valence-electron chi connectivity index (χ4n) is 2.29. The van der Waals surface area contributed by atoms with Crippen LogP contribution in [0.2, 0.25) is 5.02 Å². The molecule has 0 bridgehead atoms. The van der Waals surface area contributed by atoms with Gasteiger partial charge in [0.2, 0.25) is 0 Å². The SMILES string of the molecule is CCc1ccccc1NCc1cn2cc(Cl)ccc2n1. The third kappa shape index (κ3) is 2.63. The Kier molecular flexibility index (Phi) is 3.61. The Morgan fingerprint density at radius 3 is 2.85 bits per heavy atom. The lowest BCUT2D eigenvalue weighted by molar-refractivity contribution is 1.05. The predicted octanol–water partition coefficient (Wildman–Crippen LogP) is 4.16. The van der Waals surface area contributed by atoms with E-state index in [4.69, 9.17) is 11.6 Å². The van der Waals surface area contributed by atoms with Crippen molar-refractivity contribution < 1.29 is 0 Å². The van der Waals surface area contributed by atoms with Crippen LogP contribution < -0.4 is 5.32 Å². The molecule has 1 aromatic carbocycles. The molecule has 0 radical (unpaired) electrons. The molecule has 0 aliphatic carbocycles. The number of rotatable bonds is 4. The number of aromatic nitrogens is 2. The first-order valence-corrected chi connectivity index (χ1v) is 7.09. The third-order valence-corrected chi connectivity index (χ3v) is 3.55. The number of halogens is 1. The van der Waals surface area contributed by atoms with Crippen LogP contribution >= 0.6 is 11.6 Å². The van der Waals surface area contributed by atoms with Crippen molar-refractivity contribution in [3.63, 3.8) is 0 Å². The number of nitrogens with zero attached hydrogens (tertiary/aromatic N) is 2. The summed E-state index contributed by atoms with van der Waals surface area (Å²) in [5, 5.41) is 4.16. The lowest BCUT2D eigenvalue weighted by Gasteiger charge is -2.09. The van der Waals surface area contributed by atoms with Gasteiger partial charge < -0.3 is 9.72 Å². The van der Waals surface area contributed by atoms with Crippen molar-refractivity contribution in [2.24, 2.45) is 0 Å². The Bertz CT molecular complexity index is 733. The number of anilines is 1. The van der Waals surface area contributed by atoms with Crippen LogP contribution in [0.4, 0.5) is 5.69 Å². The fourth-order valence-corrected chi connectivity index (χ4v) is 2.46. The highest BCUT2D eigenvalue weighted by atomic mass is 35.5. The standard InChI is InChI=1S/C16H16ClN3/c1-2-12-5-3-4-6-15(12)18-9-14-11-20-10-13(17)7-8-16(20)19-14/h3-8,10-11,18H,2,9H2,1H3. The Hall–Kier alpha value is -2.00. The van der Waals surface area contributed by atoms with E-state index in [2.05, 4.69) is 35.4 Å². The van der Waals surface area contributed by atoms with Crippen LogP contribution in [0.3, 0.4) is 0 Å². The molecule has 102 valence electrons. The van der Waals surface area contributed by atoms with E-state index in [1.54, 1.807) is 0 Å². The van der Waals surface area contributed by atoms with Crippen LogP contribution in [0.15, 0.2) is 48.8 Å². The highest BCUT2D eigenvalue weighted by molar-refractivity contribution is 6.30. The van der Waals surface area contributed by atoms with Gasteiger partial charge in [0, 0.05) is 18.1 Å². The van der Waals surface area contributed by atoms with Crippen LogP contribution in [0.5, 0.6) is 0 Å². The van der Waals surface area contributed by atoms with Crippen LogP contribution in [0.1, 0.15) is 18.2 Å². The molecule has 0 amide bonds. The molecule has 1 N–H and O–H groups in total. The Morgan fingerprint density at radius 1 is 1.15 bits per heavy atom. The maximum Gasteiger partial charge on any atom is 0.137 e. The second kappa shape index (κ2) is 5.55. The largest absolute Gasteiger partial charge is 0.379 e. The number of hydrogen-bond donors (Lipinski definition) is 1. The molecule has 0 fully saturated rings. The zero-order chi connectivity index (χ0) is 13.9. The van der Waals surface area contributed by atoms with Crippen molar-refractivity contribution in [1.82, 2.24) is 9.38 Å². The average molecular weight is 286 g/mol. The number of imidazole rings is 1. The monoisotopic (exact) mass is 285 g/mol. The molecule has 4 heteroatoms. The van der Waals surface area contributed by atoms with Crippen molar-refractivity contribution in [3.05, 3.63) is 65.1 Å². The Morgan fingerprint density at radius 2 is 2.00 bits per heavy atom. The van der Waals surface area contributed by atoms with E-state index in [-0.39, 0.29) is 0 Å². The molecule has 0 aliphatic heterocycles. The van der Waals surface area contributed by atoms with Gasteiger partial charge in [-0.3, -0.25) is 0 Å². The molecule has 0 unspecified atom stereocenters. The first kappa shape index (κ1) is 13.0. The van der Waals surface area contributed by atoms with Crippen molar-refractivity contribution in [3.8, 4) is 0 Å². The number of nitrogens with one attached hydrogen (secondary N) is 1. The summed E-state index contributed by atoms with van der Waals surface area (Å²) in [6, 6.07) is 12.1. The molecule has 0 aliphatic rings. The van der Waals surface area contributed by atoms with Gasteiger partial charge in [-0.05, 0) is 30.2 Å². The first-order valence-electron chi connectivity index (χ1n) is 6.71. The second-order valence-corrected chi connectivity index (χ2v) is 5.15. The molecule has 0 spiro atoms. The smallest absolute Gasteiger partial charge is 0.137 e. The minimum absolute atomic E-state index is 0.705. The number of para-hydroxylation sites is 1. The van der Waals surface area contributed by atoms with E-state index >= 15 is 0 Å². The number of fused-ring (bicyclic) bond motifs is 1. The van der Waals surface area contributed by atoms with Crippen molar-refractivity contribution >= 4 is 22.9 Å². The number of aryl methyl sites for hydroxylation is 1. The van der Waals surface area contributed by atoms with E-state index in [0.717, 1.165) is 17.8 Å². The molecule has 2 heterocycles. The molecule has 0 saturated carbocycles. The van der Waals surface area contributed by atoms with Gasteiger partial charge in [0.15, 0.2) is 0 Å². The summed E-state index contributed by atoms with van der Waals surface area (Å²) in [5.74, 6) is 0. The van der Waals surface area contributed by atoms with E-state index in [0.29, 0.717) is 11.6 Å². The van der Waals surface area contributed by atoms with Crippen molar-refractivity contribution in [2.45, 2.75) is 19.9 Å². The highest BCUT2D eigenvalue weighted by Gasteiger charge is 2.03. The summed E-state index contributed by atoms with van der Waals surface area (Å²) in [6.07, 6.45) is 4.89. The molecule has 20 heavy (non-hydrogen) atoms. The summed E-state index contributed by atoms with van der Waals surface area (Å²) in [6.45, 7) is 2.86. The topological polar surface area (TPSA) is 29.3 Å². The summed E-state index contributed by atoms with van der Waals surface area (Å²) >= 11 is 5.98. The second-order valence-electron chi connectivity index (χ2n) is 4.71. The number of pyridine rings is 1. The minimum atomic E-state index is 0.705. The lowest BCUT2D eigenvalue weighted by atomic mass is 10.1. The van der Waals surface area contributed by atoms with Crippen LogP contribution in [0, 0.1) is 0 Å². The molecule has 3 rings (SSSR count). The van der Waals surface area contributed by atoms with Gasteiger partial charge in [-0.15, -0.1) is 0 Å². The maximum absolute atomic E-state index is 5.98. The van der Waals surface area contributed by atoms with Gasteiger partial charge in [-0.2, -0.15) is 0 Å². The molecular weight excluding hydrogens is 270 g/mol. The van der Waals surface area contributed by atoms with Gasteiger partial charge in [0.1, 0.15) is 5.65 Å². The summed E-state index contributed by atoms with van der Waals surface area (Å²) < 4.78 is 1.95. The summed E-state index contributed by atoms with van der Waals surface area (Å²) in [7, 11) is 0. The van der Waals surface area contributed by atoms with Gasteiger partial charge >= 0.3 is 0 Å². The molecule has 2 aromatic heterocycles. The van der Waals surface area contributed by atoms with Crippen LogP contribution in [0.25, 0.3) is 5.65 Å². The Labute approximate surface area is 123 Å². The fraction of sp³-hybridized carbons (Fsp3) is 0.188. The molecule has 0 saturated heterocycles. The van der Waals surface area contributed by atoms with Crippen molar-refractivity contribution in [2.75, 3.05) is 5.32 Å². The van der Waals surface area contributed by atoms with Gasteiger partial charge in [0.25, 0.3) is 0 Å². The van der Waals surface area contributed by atoms with Crippen LogP contribution in [-0.2, 0) is 13.0 Å². The molecule has 3 nitrogen and oxygen atoms in total. The van der Waals surface area contributed by atoms with E-state index in [9.17, 15) is 0 Å². The van der Waals surface area contributed by atoms with Gasteiger partial charge in [-0.25, -0.2) is 4.98 Å². The van der Waals surface area contributed by atoms with Gasteiger partial charge in [0.05, 0.1) is 17.3 Å². The van der Waals surface area contributed by atoms with E-state index in [1.807, 2.05) is 35.0 Å². The molecule has 0 atom stereocenters. The average Bonchev–Trinajstić information content (AvgIpc) is 2.87. The minimum Gasteiger partial charge on any atom is -0.379 e. The third-order valence-electron chi connectivity index (χ3n) is 3.32. The number of benzene rings is 1. The molecular formula is C16H16ClN3. The normalized spacial score (nSPS) is 10.9. The number of hydrogen-bond acceptors (Lipinski definition) is 2. The summed E-state index contributed by atoms with van der Waals surface area (Å²) in [5.41, 5.74) is 4.40. The first-order chi connectivity index (χ1) is 9.76. The van der Waals surface area contributed by atoms with Crippen LogP contribution in [-0.4, -0.2) is 9.38 Å². The highest BCUT2D eigenvalue weighted by Crippen LogP contribution is 2.17. The maximum atomic E-state index is 5.98. The lowest BCUT2D eigenvalue weighted by Crippen LogP contribution is -2.02. The van der Waals surface area contributed by atoms with Crippen molar-refractivity contribution in [1.29, 1.82) is 0 Å². The predicted molar refractivity (Wildman–Crippen MR) is 83.3 cm³/mol. The Balaban J connectivity index is 1.79. The van der Waals surface area contributed by atoms with Gasteiger partial charge in [-0.1, -0.05) is 36.7 Å². The molecule has 3 aromatic rings. The quantitative estimate of drug-likeness (QED) is 0.780.